The van der Waals surface area contributed by atoms with Crippen molar-refractivity contribution in [2.45, 2.75) is 38.8 Å². The van der Waals surface area contributed by atoms with Gasteiger partial charge in [0.25, 0.3) is 0 Å². The molecule has 0 saturated carbocycles. The molecule has 0 bridgehead atoms. The van der Waals surface area contributed by atoms with Crippen LogP contribution in [0.1, 0.15) is 42.9 Å². The van der Waals surface area contributed by atoms with Gasteiger partial charge in [-0.1, -0.05) is 13.3 Å². The van der Waals surface area contributed by atoms with Gasteiger partial charge >= 0.3 is 0 Å². The maximum Gasteiger partial charge on any atom is 0.110 e. The minimum Gasteiger partial charge on any atom is -0.314 e. The summed E-state index contributed by atoms with van der Waals surface area (Å²) in [7, 11) is 1.97. The maximum atomic E-state index is 4.74. The van der Waals surface area contributed by atoms with Gasteiger partial charge in [0.15, 0.2) is 0 Å². The molecule has 1 N–H and O–H groups in total. The first-order valence-corrected chi connectivity index (χ1v) is 7.06. The van der Waals surface area contributed by atoms with Crippen molar-refractivity contribution in [2.75, 3.05) is 20.1 Å². The van der Waals surface area contributed by atoms with Crippen molar-refractivity contribution in [1.82, 2.24) is 15.2 Å². The van der Waals surface area contributed by atoms with Gasteiger partial charge in [0, 0.05) is 11.9 Å². The summed E-state index contributed by atoms with van der Waals surface area (Å²) in [6.07, 6.45) is 3.97. The van der Waals surface area contributed by atoms with Crippen molar-refractivity contribution in [3.63, 3.8) is 0 Å². The van der Waals surface area contributed by atoms with Gasteiger partial charge in [0.2, 0.25) is 0 Å². The van der Waals surface area contributed by atoms with Gasteiger partial charge in [0.1, 0.15) is 5.01 Å². The van der Waals surface area contributed by atoms with Crippen molar-refractivity contribution in [3.05, 3.63) is 16.1 Å². The molecule has 1 aliphatic rings. The lowest BCUT2D eigenvalue weighted by Crippen LogP contribution is -2.33. The van der Waals surface area contributed by atoms with Crippen molar-refractivity contribution >= 4 is 11.3 Å². The predicted molar refractivity (Wildman–Crippen MR) is 68.7 cm³/mol. The van der Waals surface area contributed by atoms with Crippen LogP contribution in [0.25, 0.3) is 0 Å². The molecule has 2 heterocycles. The zero-order chi connectivity index (χ0) is 11.4. The normalized spacial score (nSPS) is 22.5. The smallest absolute Gasteiger partial charge is 0.110 e. The van der Waals surface area contributed by atoms with E-state index in [9.17, 15) is 0 Å². The molecule has 0 spiro atoms. The van der Waals surface area contributed by atoms with Gasteiger partial charge < -0.3 is 5.32 Å². The average molecular weight is 239 g/mol. The van der Waals surface area contributed by atoms with Crippen LogP contribution in [0, 0.1) is 0 Å². The number of aromatic nitrogens is 1. The minimum atomic E-state index is 0.578. The van der Waals surface area contributed by atoms with Crippen LogP contribution in [-0.2, 0) is 6.54 Å². The third-order valence-electron chi connectivity index (χ3n) is 3.23. The Morgan fingerprint density at radius 2 is 2.44 bits per heavy atom. The summed E-state index contributed by atoms with van der Waals surface area (Å²) in [5.41, 5.74) is 1.18. The summed E-state index contributed by atoms with van der Waals surface area (Å²) in [4.78, 5) is 7.30. The first-order chi connectivity index (χ1) is 7.85. The van der Waals surface area contributed by atoms with Gasteiger partial charge in [-0.15, -0.1) is 11.3 Å². The first kappa shape index (κ1) is 12.0. The Kier molecular flexibility index (Phi) is 4.32. The summed E-state index contributed by atoms with van der Waals surface area (Å²) in [5, 5.41) is 6.66. The largest absolute Gasteiger partial charge is 0.314 e. The lowest BCUT2D eigenvalue weighted by Gasteiger charge is -2.33. The molecule has 4 heteroatoms. The van der Waals surface area contributed by atoms with Gasteiger partial charge in [0.05, 0.1) is 11.7 Å². The van der Waals surface area contributed by atoms with Crippen LogP contribution in [-0.4, -0.2) is 30.0 Å². The Morgan fingerprint density at radius 3 is 3.19 bits per heavy atom. The molecule has 90 valence electrons. The van der Waals surface area contributed by atoms with E-state index in [0.717, 1.165) is 13.1 Å². The number of hydrogen-bond donors (Lipinski definition) is 1. The number of hydrogen-bond acceptors (Lipinski definition) is 4. The molecule has 1 aromatic heterocycles. The van der Waals surface area contributed by atoms with Crippen LogP contribution in [0.3, 0.4) is 0 Å². The Bertz CT molecular complexity index is 324. The van der Waals surface area contributed by atoms with Gasteiger partial charge in [-0.2, -0.15) is 0 Å². The highest BCUT2D eigenvalue weighted by Crippen LogP contribution is 2.32. The van der Waals surface area contributed by atoms with E-state index in [1.54, 1.807) is 0 Å². The zero-order valence-corrected chi connectivity index (χ0v) is 11.0. The van der Waals surface area contributed by atoms with E-state index in [1.807, 2.05) is 18.4 Å². The molecule has 0 radical (unpaired) electrons. The molecule has 1 atom stereocenters. The van der Waals surface area contributed by atoms with E-state index in [0.29, 0.717) is 6.04 Å². The minimum absolute atomic E-state index is 0.578. The third kappa shape index (κ3) is 2.62. The fourth-order valence-corrected chi connectivity index (χ4v) is 3.37. The van der Waals surface area contributed by atoms with E-state index in [2.05, 4.69) is 22.5 Å². The molecule has 1 saturated heterocycles. The second kappa shape index (κ2) is 5.75. The third-order valence-corrected chi connectivity index (χ3v) is 4.23. The molecule has 0 amide bonds. The molecular formula is C12H21N3S. The second-order valence-corrected chi connectivity index (χ2v) is 5.24. The van der Waals surface area contributed by atoms with E-state index >= 15 is 0 Å². The number of nitrogens with zero attached hydrogens (tertiary/aromatic N) is 2. The van der Waals surface area contributed by atoms with Gasteiger partial charge in [-0.05, 0) is 33.0 Å². The van der Waals surface area contributed by atoms with Crippen LogP contribution in [0.5, 0.6) is 0 Å². The summed E-state index contributed by atoms with van der Waals surface area (Å²) in [6.45, 7) is 5.52. The Morgan fingerprint density at radius 1 is 1.56 bits per heavy atom. The highest BCUT2D eigenvalue weighted by molar-refractivity contribution is 7.09. The van der Waals surface area contributed by atoms with Crippen LogP contribution >= 0.6 is 11.3 Å². The summed E-state index contributed by atoms with van der Waals surface area (Å²) < 4.78 is 0. The van der Waals surface area contributed by atoms with Crippen molar-refractivity contribution in [1.29, 1.82) is 0 Å². The lowest BCUT2D eigenvalue weighted by atomic mass is 10.0. The zero-order valence-electron chi connectivity index (χ0n) is 10.2. The van der Waals surface area contributed by atoms with E-state index in [-0.39, 0.29) is 0 Å². The van der Waals surface area contributed by atoms with Crippen LogP contribution < -0.4 is 5.32 Å². The summed E-state index contributed by atoms with van der Waals surface area (Å²) in [6, 6.07) is 0.578. The van der Waals surface area contributed by atoms with Crippen molar-refractivity contribution in [3.8, 4) is 0 Å². The van der Waals surface area contributed by atoms with Crippen molar-refractivity contribution in [2.24, 2.45) is 0 Å². The second-order valence-electron chi connectivity index (χ2n) is 4.35. The molecule has 2 rings (SSSR count). The van der Waals surface area contributed by atoms with E-state index < -0.39 is 0 Å². The highest BCUT2D eigenvalue weighted by atomic mass is 32.1. The molecule has 3 nitrogen and oxygen atoms in total. The quantitative estimate of drug-likeness (QED) is 0.874. The molecule has 1 aromatic rings. The molecule has 1 aliphatic heterocycles. The SMILES string of the molecule is CCN1CCCCC1c1nc(CNC)cs1. The number of piperidine rings is 1. The fourth-order valence-electron chi connectivity index (χ4n) is 2.39. The maximum absolute atomic E-state index is 4.74. The summed E-state index contributed by atoms with van der Waals surface area (Å²) in [5.74, 6) is 0. The number of likely N-dealkylation sites (tertiary alicyclic amines) is 1. The number of nitrogens with one attached hydrogen (secondary N) is 1. The molecule has 0 aliphatic carbocycles. The molecule has 16 heavy (non-hydrogen) atoms. The summed E-state index contributed by atoms with van der Waals surface area (Å²) >= 11 is 1.82. The predicted octanol–water partition coefficient (Wildman–Crippen LogP) is 2.41. The topological polar surface area (TPSA) is 28.2 Å². The fraction of sp³-hybridized carbons (Fsp3) is 0.750. The average Bonchev–Trinajstić information content (AvgIpc) is 2.78. The number of rotatable bonds is 4. The Hall–Kier alpha value is -0.450. The van der Waals surface area contributed by atoms with Crippen LogP contribution in [0.15, 0.2) is 5.38 Å². The standard InChI is InChI=1S/C12H21N3S/c1-3-15-7-5-4-6-11(15)12-14-10(8-13-2)9-16-12/h9,11,13H,3-8H2,1-2H3. The Balaban J connectivity index is 2.08. The van der Waals surface area contributed by atoms with Gasteiger partial charge in [-0.25, -0.2) is 4.98 Å². The van der Waals surface area contributed by atoms with Crippen LogP contribution in [0.2, 0.25) is 0 Å². The molecule has 1 fully saturated rings. The Labute approximate surface area is 102 Å². The van der Waals surface area contributed by atoms with E-state index in [4.69, 9.17) is 4.98 Å². The van der Waals surface area contributed by atoms with Crippen molar-refractivity contribution < 1.29 is 0 Å². The number of thiazole rings is 1. The van der Waals surface area contributed by atoms with Gasteiger partial charge in [-0.3, -0.25) is 4.90 Å². The molecule has 0 aromatic carbocycles. The van der Waals surface area contributed by atoms with E-state index in [1.165, 1.54) is 36.5 Å². The highest BCUT2D eigenvalue weighted by Gasteiger charge is 2.24. The van der Waals surface area contributed by atoms with Crippen LogP contribution in [0.4, 0.5) is 0 Å². The first-order valence-electron chi connectivity index (χ1n) is 6.18. The molecular weight excluding hydrogens is 218 g/mol. The molecule has 1 unspecified atom stereocenters. The monoisotopic (exact) mass is 239 g/mol. The lowest BCUT2D eigenvalue weighted by molar-refractivity contribution is 0.157.